The van der Waals surface area contributed by atoms with Crippen LogP contribution < -0.4 is 0 Å². The fraction of sp³-hybridized carbons (Fsp3) is 0.200. The van der Waals surface area contributed by atoms with Crippen molar-refractivity contribution in [1.82, 2.24) is 5.06 Å². The lowest BCUT2D eigenvalue weighted by atomic mass is 9.94. The smallest absolute Gasteiger partial charge is 0.272 e. The molecule has 0 bridgehead atoms. The molecular weight excluding hydrogens is 423 g/mol. The van der Waals surface area contributed by atoms with Crippen molar-refractivity contribution >= 4 is 28.0 Å². The third-order valence-electron chi connectivity index (χ3n) is 4.39. The minimum absolute atomic E-state index is 0.103. The largest absolute Gasteiger partial charge is 0.416 e. The number of carbonyl (C=O) groups excluding carboxylic acids is 2. The molecule has 0 saturated carbocycles. The molecule has 0 aliphatic carbocycles. The quantitative estimate of drug-likeness (QED) is 0.643. The maximum absolute atomic E-state index is 13.1. The third kappa shape index (κ3) is 5.14. The first-order valence-corrected chi connectivity index (χ1v) is 10.2. The zero-order chi connectivity index (χ0) is 21.9. The van der Waals surface area contributed by atoms with E-state index in [0.717, 1.165) is 6.07 Å². The molecular formula is C20H16F3NO5S. The fourth-order valence-electron chi connectivity index (χ4n) is 3.00. The molecule has 3 rings (SSSR count). The van der Waals surface area contributed by atoms with Gasteiger partial charge in [-0.05, 0) is 29.7 Å². The van der Waals surface area contributed by atoms with Crippen LogP contribution in [0.3, 0.4) is 0 Å². The van der Waals surface area contributed by atoms with Crippen LogP contribution in [0.5, 0.6) is 0 Å². The van der Waals surface area contributed by atoms with E-state index < -0.39 is 46.0 Å². The summed E-state index contributed by atoms with van der Waals surface area (Å²) in [5, 5.41) is 0.792. The predicted octanol–water partition coefficient (Wildman–Crippen LogP) is 3.56. The van der Waals surface area contributed by atoms with Gasteiger partial charge in [-0.1, -0.05) is 48.5 Å². The highest BCUT2D eigenvalue weighted by molar-refractivity contribution is 7.89. The number of imide groups is 1. The molecule has 0 aromatic heterocycles. The van der Waals surface area contributed by atoms with Crippen molar-refractivity contribution in [3.8, 4) is 0 Å². The van der Waals surface area contributed by atoms with Gasteiger partial charge in [0.2, 0.25) is 0 Å². The number of amides is 2. The van der Waals surface area contributed by atoms with Gasteiger partial charge < -0.3 is 0 Å². The first-order chi connectivity index (χ1) is 14.1. The number of nitrogens with zero attached hydrogens (tertiary/aromatic N) is 1. The molecule has 6 nitrogen and oxygen atoms in total. The summed E-state index contributed by atoms with van der Waals surface area (Å²) in [5.41, 5.74) is -0.529. The highest BCUT2D eigenvalue weighted by atomic mass is 32.2. The van der Waals surface area contributed by atoms with Gasteiger partial charge in [0.05, 0.1) is 16.9 Å². The number of hydrogen-bond donors (Lipinski definition) is 0. The minimum Gasteiger partial charge on any atom is -0.272 e. The normalized spacial score (nSPS) is 17.8. The standard InChI is InChI=1S/C20H16F3NO5S/c21-20(22,23)17-9-5-4-8-15(17)12-16-13-18(25)24(19(16)26)29-30(27,28)11-10-14-6-2-1-3-7-14/h1-11,16H,12-13H2/b11-10+. The Morgan fingerprint density at radius 1 is 1.03 bits per heavy atom. The fourth-order valence-corrected chi connectivity index (χ4v) is 3.74. The second-order valence-corrected chi connectivity index (χ2v) is 7.97. The lowest BCUT2D eigenvalue weighted by Crippen LogP contribution is -2.33. The van der Waals surface area contributed by atoms with Gasteiger partial charge in [-0.15, -0.1) is 9.35 Å². The van der Waals surface area contributed by atoms with E-state index in [4.69, 9.17) is 0 Å². The molecule has 1 saturated heterocycles. The number of alkyl halides is 3. The number of hydrogen-bond acceptors (Lipinski definition) is 5. The summed E-state index contributed by atoms with van der Waals surface area (Å²) in [5.74, 6) is -3.10. The Labute approximate surface area is 170 Å². The molecule has 1 atom stereocenters. The zero-order valence-corrected chi connectivity index (χ0v) is 16.2. The Bertz CT molecular complexity index is 1080. The second-order valence-electron chi connectivity index (χ2n) is 6.57. The van der Waals surface area contributed by atoms with Gasteiger partial charge >= 0.3 is 16.3 Å². The first-order valence-electron chi connectivity index (χ1n) is 8.76. The summed E-state index contributed by atoms with van der Waals surface area (Å²) in [4.78, 5) is 24.5. The van der Waals surface area contributed by atoms with Crippen LogP contribution in [0.2, 0.25) is 0 Å². The van der Waals surface area contributed by atoms with Gasteiger partial charge in [-0.25, -0.2) is 0 Å². The van der Waals surface area contributed by atoms with E-state index in [1.54, 1.807) is 30.3 Å². The second kappa shape index (κ2) is 8.41. The lowest BCUT2D eigenvalue weighted by molar-refractivity contribution is -0.164. The molecule has 0 radical (unpaired) electrons. The molecule has 1 aliphatic rings. The number of halogens is 3. The van der Waals surface area contributed by atoms with E-state index in [1.807, 2.05) is 0 Å². The van der Waals surface area contributed by atoms with Gasteiger partial charge in [0.25, 0.3) is 11.8 Å². The molecule has 1 unspecified atom stereocenters. The van der Waals surface area contributed by atoms with E-state index >= 15 is 0 Å². The summed E-state index contributed by atoms with van der Waals surface area (Å²) in [7, 11) is -4.43. The summed E-state index contributed by atoms with van der Waals surface area (Å²) < 4.78 is 68.2. The first kappa shape index (κ1) is 21.7. The molecule has 2 aromatic carbocycles. The molecule has 10 heteroatoms. The van der Waals surface area contributed by atoms with Crippen LogP contribution in [0.15, 0.2) is 60.0 Å². The molecule has 2 amide bonds. The molecule has 1 fully saturated rings. The van der Waals surface area contributed by atoms with Gasteiger partial charge in [0, 0.05) is 6.42 Å². The number of carbonyl (C=O) groups is 2. The van der Waals surface area contributed by atoms with Crippen LogP contribution in [0.1, 0.15) is 23.1 Å². The van der Waals surface area contributed by atoms with Crippen LogP contribution in [0, 0.1) is 5.92 Å². The molecule has 2 aromatic rings. The molecule has 0 spiro atoms. The van der Waals surface area contributed by atoms with Gasteiger partial charge in [0.1, 0.15) is 0 Å². The van der Waals surface area contributed by atoms with E-state index in [-0.39, 0.29) is 17.0 Å². The van der Waals surface area contributed by atoms with Crippen molar-refractivity contribution in [3.05, 3.63) is 76.7 Å². The van der Waals surface area contributed by atoms with E-state index in [2.05, 4.69) is 4.28 Å². The molecule has 1 heterocycles. The van der Waals surface area contributed by atoms with Crippen molar-refractivity contribution in [1.29, 1.82) is 0 Å². The van der Waals surface area contributed by atoms with Crippen LogP contribution in [-0.2, 0) is 36.6 Å². The average Bonchev–Trinajstić information content (AvgIpc) is 2.94. The van der Waals surface area contributed by atoms with E-state index in [0.29, 0.717) is 11.0 Å². The summed E-state index contributed by atoms with van der Waals surface area (Å²) in [6.45, 7) is 0. The van der Waals surface area contributed by atoms with Crippen molar-refractivity contribution in [2.75, 3.05) is 0 Å². The SMILES string of the molecule is O=C1CC(Cc2ccccc2C(F)(F)F)C(=O)N1OS(=O)(=O)/C=C/c1ccccc1. The third-order valence-corrected chi connectivity index (χ3v) is 5.22. The maximum Gasteiger partial charge on any atom is 0.416 e. The van der Waals surface area contributed by atoms with E-state index in [1.165, 1.54) is 24.3 Å². The van der Waals surface area contributed by atoms with Crippen molar-refractivity contribution < 1.29 is 35.5 Å². The molecule has 30 heavy (non-hydrogen) atoms. The van der Waals surface area contributed by atoms with Gasteiger partial charge in [-0.3, -0.25) is 9.59 Å². The minimum atomic E-state index is -4.62. The van der Waals surface area contributed by atoms with E-state index in [9.17, 15) is 31.2 Å². The topological polar surface area (TPSA) is 80.8 Å². The Hall–Kier alpha value is -2.98. The van der Waals surface area contributed by atoms with Crippen LogP contribution >= 0.6 is 0 Å². The number of hydroxylamine groups is 2. The molecule has 1 aliphatic heterocycles. The molecule has 158 valence electrons. The Morgan fingerprint density at radius 3 is 2.33 bits per heavy atom. The predicted molar refractivity (Wildman–Crippen MR) is 101 cm³/mol. The Kier molecular flexibility index (Phi) is 6.09. The van der Waals surface area contributed by atoms with Crippen LogP contribution in [0.4, 0.5) is 13.2 Å². The van der Waals surface area contributed by atoms with Crippen molar-refractivity contribution in [2.45, 2.75) is 19.0 Å². The van der Waals surface area contributed by atoms with Crippen LogP contribution in [-0.4, -0.2) is 25.3 Å². The average molecular weight is 439 g/mol. The highest BCUT2D eigenvalue weighted by Gasteiger charge is 2.43. The molecule has 0 N–H and O–H groups in total. The highest BCUT2D eigenvalue weighted by Crippen LogP contribution is 2.34. The van der Waals surface area contributed by atoms with Crippen molar-refractivity contribution in [2.24, 2.45) is 5.92 Å². The summed E-state index contributed by atoms with van der Waals surface area (Å²) in [6, 6.07) is 13.1. The van der Waals surface area contributed by atoms with Crippen LogP contribution in [0.25, 0.3) is 6.08 Å². The van der Waals surface area contributed by atoms with Gasteiger partial charge in [-0.2, -0.15) is 21.6 Å². The number of benzene rings is 2. The Balaban J connectivity index is 1.73. The Morgan fingerprint density at radius 2 is 1.67 bits per heavy atom. The van der Waals surface area contributed by atoms with Gasteiger partial charge in [0.15, 0.2) is 0 Å². The number of rotatable bonds is 6. The maximum atomic E-state index is 13.1. The van der Waals surface area contributed by atoms with Crippen molar-refractivity contribution in [3.63, 3.8) is 0 Å². The summed E-state index contributed by atoms with van der Waals surface area (Å²) >= 11 is 0. The summed E-state index contributed by atoms with van der Waals surface area (Å²) in [6.07, 6.45) is -4.23. The lowest BCUT2D eigenvalue weighted by Gasteiger charge is -2.15. The monoisotopic (exact) mass is 439 g/mol. The zero-order valence-electron chi connectivity index (χ0n) is 15.4.